The van der Waals surface area contributed by atoms with Crippen molar-refractivity contribution in [3.63, 3.8) is 0 Å². The molecule has 1 aliphatic rings. The number of rotatable bonds is 0. The molecule has 1 aliphatic carbocycles. The first-order chi connectivity index (χ1) is 6.93. The van der Waals surface area contributed by atoms with Gasteiger partial charge in [0.1, 0.15) is 11.9 Å². The van der Waals surface area contributed by atoms with E-state index in [-0.39, 0.29) is 23.2 Å². The average molecular weight is 217 g/mol. The Morgan fingerprint density at radius 2 is 2.07 bits per heavy atom. The van der Waals surface area contributed by atoms with Gasteiger partial charge in [0.2, 0.25) is 0 Å². The Hall–Kier alpha value is -1.23. The smallest absolute Gasteiger partial charge is 0.277 e. The molecular weight excluding hydrogens is 207 g/mol. The highest BCUT2D eigenvalue weighted by Crippen LogP contribution is 2.42. The third kappa shape index (κ3) is 1.47. The molecule has 0 aromatic heterocycles. The van der Waals surface area contributed by atoms with E-state index in [1.165, 1.54) is 12.1 Å². The van der Waals surface area contributed by atoms with Gasteiger partial charge in [-0.25, -0.2) is 13.2 Å². The number of aliphatic hydroxyl groups is 1. The van der Waals surface area contributed by atoms with Gasteiger partial charge in [-0.15, -0.1) is 0 Å². The molecule has 0 aliphatic heterocycles. The Kier molecular flexibility index (Phi) is 2.15. The van der Waals surface area contributed by atoms with E-state index in [4.69, 9.17) is 5.73 Å². The fourth-order valence-corrected chi connectivity index (χ4v) is 1.82. The van der Waals surface area contributed by atoms with Crippen molar-refractivity contribution in [1.82, 2.24) is 0 Å². The van der Waals surface area contributed by atoms with Crippen molar-refractivity contribution < 1.29 is 18.3 Å². The number of fused-ring (bicyclic) bond motifs is 1. The van der Waals surface area contributed by atoms with E-state index in [9.17, 15) is 18.3 Å². The maximum atomic E-state index is 13.4. The fourth-order valence-electron chi connectivity index (χ4n) is 1.82. The number of alkyl halides is 2. The number of hydrogen-bond donors (Lipinski definition) is 2. The molecule has 0 bridgehead atoms. The summed E-state index contributed by atoms with van der Waals surface area (Å²) < 4.78 is 39.6. The molecule has 0 radical (unpaired) electrons. The molecule has 1 unspecified atom stereocenters. The minimum Gasteiger partial charge on any atom is -0.396 e. The lowest BCUT2D eigenvalue weighted by molar-refractivity contribution is -0.122. The predicted octanol–water partition coefficient (Wildman–Crippen LogP) is 2.02. The maximum Gasteiger partial charge on any atom is 0.277 e. The van der Waals surface area contributed by atoms with Crippen LogP contribution in [0, 0.1) is 5.82 Å². The van der Waals surface area contributed by atoms with Crippen LogP contribution in [0.25, 0.3) is 0 Å². The first-order valence-electron chi connectivity index (χ1n) is 4.56. The number of nitrogens with two attached hydrogens (primary N) is 1. The third-order valence-electron chi connectivity index (χ3n) is 2.71. The second-order valence-corrected chi connectivity index (χ2v) is 3.70. The van der Waals surface area contributed by atoms with Crippen LogP contribution in [0.15, 0.2) is 12.1 Å². The van der Waals surface area contributed by atoms with Crippen molar-refractivity contribution in [3.8, 4) is 0 Å². The molecule has 2 nitrogen and oxygen atoms in total. The lowest BCUT2D eigenvalue weighted by Crippen LogP contribution is -2.32. The zero-order valence-electron chi connectivity index (χ0n) is 7.80. The number of hydrogen-bond acceptors (Lipinski definition) is 2. The van der Waals surface area contributed by atoms with Crippen molar-refractivity contribution in [3.05, 3.63) is 29.1 Å². The molecular formula is C10H10F3NO. The molecule has 0 saturated heterocycles. The van der Waals surface area contributed by atoms with Crippen LogP contribution in [0.1, 0.15) is 23.7 Å². The predicted molar refractivity (Wildman–Crippen MR) is 49.0 cm³/mol. The summed E-state index contributed by atoms with van der Waals surface area (Å²) in [4.78, 5) is 0. The molecule has 0 fully saturated rings. The summed E-state index contributed by atoms with van der Waals surface area (Å²) >= 11 is 0. The summed E-state index contributed by atoms with van der Waals surface area (Å²) in [6.45, 7) is 0. The monoisotopic (exact) mass is 217 g/mol. The summed E-state index contributed by atoms with van der Waals surface area (Å²) in [6, 6.07) is 2.45. The normalized spacial score (nSPS) is 23.6. The summed E-state index contributed by atoms with van der Waals surface area (Å²) in [5, 5.41) is 9.35. The minimum atomic E-state index is -3.18. The van der Waals surface area contributed by atoms with Crippen LogP contribution in [0.5, 0.6) is 0 Å². The van der Waals surface area contributed by atoms with Crippen LogP contribution in [0.3, 0.4) is 0 Å². The molecule has 2 rings (SSSR count). The molecule has 0 spiro atoms. The first kappa shape index (κ1) is 10.3. The Morgan fingerprint density at radius 1 is 1.40 bits per heavy atom. The minimum absolute atomic E-state index is 0.0575. The van der Waals surface area contributed by atoms with Gasteiger partial charge < -0.3 is 10.8 Å². The Morgan fingerprint density at radius 3 is 2.73 bits per heavy atom. The van der Waals surface area contributed by atoms with Crippen LogP contribution in [0.4, 0.5) is 18.9 Å². The van der Waals surface area contributed by atoms with Crippen LogP contribution in [-0.2, 0) is 6.42 Å². The van der Waals surface area contributed by atoms with Crippen molar-refractivity contribution in [2.75, 3.05) is 5.73 Å². The topological polar surface area (TPSA) is 46.2 Å². The third-order valence-corrected chi connectivity index (χ3v) is 2.71. The zero-order chi connectivity index (χ0) is 11.2. The van der Waals surface area contributed by atoms with Crippen LogP contribution in [0.2, 0.25) is 0 Å². The van der Waals surface area contributed by atoms with E-state index >= 15 is 0 Å². The highest BCUT2D eigenvalue weighted by Gasteiger charge is 2.44. The highest BCUT2D eigenvalue weighted by atomic mass is 19.3. The fraction of sp³-hybridized carbons (Fsp3) is 0.400. The van der Waals surface area contributed by atoms with Gasteiger partial charge in [0.05, 0.1) is 5.69 Å². The number of nitrogen functional groups attached to an aromatic ring is 1. The second-order valence-electron chi connectivity index (χ2n) is 3.70. The molecule has 1 atom stereocenters. The highest BCUT2D eigenvalue weighted by molar-refractivity contribution is 5.48. The molecule has 3 N–H and O–H groups in total. The second kappa shape index (κ2) is 3.13. The molecule has 0 amide bonds. The van der Waals surface area contributed by atoms with Crippen LogP contribution in [-0.4, -0.2) is 11.0 Å². The number of anilines is 1. The summed E-state index contributed by atoms with van der Waals surface area (Å²) in [5.41, 5.74) is 5.28. The summed E-state index contributed by atoms with van der Waals surface area (Å²) in [7, 11) is 0. The summed E-state index contributed by atoms with van der Waals surface area (Å²) in [5.74, 6) is -3.88. The molecule has 82 valence electrons. The lowest BCUT2D eigenvalue weighted by atomic mass is 9.86. The average Bonchev–Trinajstić information content (AvgIpc) is 2.17. The van der Waals surface area contributed by atoms with Crippen molar-refractivity contribution in [2.24, 2.45) is 0 Å². The zero-order valence-corrected chi connectivity index (χ0v) is 7.80. The van der Waals surface area contributed by atoms with Gasteiger partial charge >= 0.3 is 0 Å². The molecule has 0 heterocycles. The Bertz CT molecular complexity index is 406. The van der Waals surface area contributed by atoms with E-state index in [2.05, 4.69) is 0 Å². The molecule has 1 aromatic rings. The number of halogens is 3. The standard InChI is InChI=1S/C10H10F3NO/c11-8-5-3-4-10(12,13)9(15)6(5)1-2-7(8)14/h1-2,9,15H,3-4,14H2. The largest absolute Gasteiger partial charge is 0.396 e. The van der Waals surface area contributed by atoms with Crippen molar-refractivity contribution >= 4 is 5.69 Å². The van der Waals surface area contributed by atoms with Gasteiger partial charge in [0.15, 0.2) is 0 Å². The molecule has 5 heteroatoms. The summed E-state index contributed by atoms with van der Waals surface area (Å²) in [6.07, 6.45) is -2.59. The van der Waals surface area contributed by atoms with Crippen LogP contribution >= 0.6 is 0 Å². The van der Waals surface area contributed by atoms with Crippen molar-refractivity contribution in [2.45, 2.75) is 24.9 Å². The van der Waals surface area contributed by atoms with Gasteiger partial charge in [-0.3, -0.25) is 0 Å². The Balaban J connectivity index is 2.55. The van der Waals surface area contributed by atoms with Gasteiger partial charge in [-0.1, -0.05) is 6.07 Å². The number of benzene rings is 1. The Labute approximate surface area is 84.5 Å². The molecule has 0 saturated carbocycles. The van der Waals surface area contributed by atoms with E-state index in [1.807, 2.05) is 0 Å². The van der Waals surface area contributed by atoms with E-state index in [0.29, 0.717) is 0 Å². The van der Waals surface area contributed by atoms with Gasteiger partial charge in [0, 0.05) is 6.42 Å². The lowest BCUT2D eigenvalue weighted by Gasteiger charge is -2.30. The van der Waals surface area contributed by atoms with E-state index in [1.54, 1.807) is 0 Å². The molecule has 1 aromatic carbocycles. The van der Waals surface area contributed by atoms with E-state index in [0.717, 1.165) is 0 Å². The van der Waals surface area contributed by atoms with Crippen molar-refractivity contribution in [1.29, 1.82) is 0 Å². The first-order valence-corrected chi connectivity index (χ1v) is 4.56. The van der Waals surface area contributed by atoms with Gasteiger partial charge in [-0.05, 0) is 23.6 Å². The van der Waals surface area contributed by atoms with Crippen LogP contribution < -0.4 is 5.73 Å². The number of aliphatic hydroxyl groups excluding tert-OH is 1. The quantitative estimate of drug-likeness (QED) is 0.653. The maximum absolute atomic E-state index is 13.4. The SMILES string of the molecule is Nc1ccc2c(c1F)CCC(F)(F)C2O. The molecule has 15 heavy (non-hydrogen) atoms. The van der Waals surface area contributed by atoms with Gasteiger partial charge in [-0.2, -0.15) is 0 Å². The van der Waals surface area contributed by atoms with Gasteiger partial charge in [0.25, 0.3) is 5.92 Å². The van der Waals surface area contributed by atoms with E-state index < -0.39 is 24.3 Å².